The number of aliphatic hydroxyl groups is 2. The largest absolute Gasteiger partial charge is 0.434 e. The normalized spacial score (nSPS) is 48.1. The average Bonchev–Trinajstić information content (AvgIpc) is 3.36. The Labute approximate surface area is 197 Å². The van der Waals surface area contributed by atoms with Crippen LogP contribution in [0.4, 0.5) is 0 Å². The maximum Gasteiger partial charge on any atom is 0.434 e. The third kappa shape index (κ3) is 3.65. The topological polar surface area (TPSA) is 99.4 Å². The van der Waals surface area contributed by atoms with E-state index in [1.165, 1.54) is 25.7 Å². The highest BCUT2D eigenvalue weighted by molar-refractivity contribution is 5.13. The van der Waals surface area contributed by atoms with Gasteiger partial charge in [0.2, 0.25) is 5.89 Å². The number of aromatic nitrogens is 2. The first-order valence-electron chi connectivity index (χ1n) is 13.6. The minimum absolute atomic E-state index is 0.189. The molecule has 11 atom stereocenters. The van der Waals surface area contributed by atoms with Crippen LogP contribution >= 0.6 is 0 Å². The van der Waals surface area contributed by atoms with E-state index in [0.29, 0.717) is 53.7 Å². The molecule has 0 saturated heterocycles. The van der Waals surface area contributed by atoms with Crippen molar-refractivity contribution >= 4 is 0 Å². The quantitative estimate of drug-likeness (QED) is 0.598. The molecule has 4 fully saturated rings. The number of rotatable bonds is 5. The predicted octanol–water partition coefficient (Wildman–Crippen LogP) is 4.56. The first-order valence-corrected chi connectivity index (χ1v) is 13.6. The highest BCUT2D eigenvalue weighted by Gasteiger charge is 2.64. The fourth-order valence-electron chi connectivity index (χ4n) is 9.85. The van der Waals surface area contributed by atoms with Gasteiger partial charge in [-0.05, 0) is 104 Å². The summed E-state index contributed by atoms with van der Waals surface area (Å²) in [5.41, 5.74) is 0.524. The second kappa shape index (κ2) is 8.51. The van der Waals surface area contributed by atoms with Gasteiger partial charge < -0.3 is 14.6 Å². The monoisotopic (exact) mass is 460 g/mol. The van der Waals surface area contributed by atoms with Crippen molar-refractivity contribution in [1.82, 2.24) is 10.2 Å². The van der Waals surface area contributed by atoms with E-state index in [1.54, 1.807) is 0 Å². The molecule has 0 bridgehead atoms. The van der Waals surface area contributed by atoms with Crippen LogP contribution in [0, 0.1) is 52.3 Å². The van der Waals surface area contributed by atoms with Gasteiger partial charge in [-0.15, -0.1) is 5.10 Å². The summed E-state index contributed by atoms with van der Waals surface area (Å²) in [7, 11) is 0. The standard InChI is InChI=1S/C27H44N2O4/c1-5-17-21-14-16(30)10-12-27(21,4)20-11-13-26(3)18(7-8-19(26)23(20)24(17)31)15(2)6-9-22-28-29-25(32)33-22/h15-21,23-24,30-31H,5-14H2,1-4H3,(H,29,32)/t15?,16-,17-,18?,19?,20?,21+,23?,24-,26-,27-/m1/s1. The van der Waals surface area contributed by atoms with Crippen LogP contribution in [0.2, 0.25) is 0 Å². The number of nitrogens with zero attached hydrogens (tertiary/aromatic N) is 1. The van der Waals surface area contributed by atoms with Crippen LogP contribution in [0.1, 0.15) is 91.4 Å². The van der Waals surface area contributed by atoms with Gasteiger partial charge in [0.25, 0.3) is 0 Å². The molecule has 186 valence electrons. The molecule has 5 unspecified atom stereocenters. The van der Waals surface area contributed by atoms with E-state index >= 15 is 0 Å². The molecule has 4 saturated carbocycles. The van der Waals surface area contributed by atoms with Gasteiger partial charge in [0.05, 0.1) is 12.2 Å². The van der Waals surface area contributed by atoms with Gasteiger partial charge in [-0.2, -0.15) is 0 Å². The zero-order chi connectivity index (χ0) is 23.5. The highest BCUT2D eigenvalue weighted by atomic mass is 16.4. The number of hydrogen-bond acceptors (Lipinski definition) is 5. The Kier molecular flexibility index (Phi) is 6.09. The number of nitrogens with one attached hydrogen (secondary N) is 1. The number of fused-ring (bicyclic) bond motifs is 5. The van der Waals surface area contributed by atoms with Gasteiger partial charge >= 0.3 is 5.76 Å². The molecular weight excluding hydrogens is 416 g/mol. The van der Waals surface area contributed by atoms with Crippen molar-refractivity contribution in [2.45, 2.75) is 104 Å². The Morgan fingerprint density at radius 1 is 1.09 bits per heavy atom. The molecule has 4 aliphatic rings. The zero-order valence-corrected chi connectivity index (χ0v) is 20.9. The molecular formula is C27H44N2O4. The Morgan fingerprint density at radius 3 is 2.52 bits per heavy atom. The average molecular weight is 461 g/mol. The molecule has 6 nitrogen and oxygen atoms in total. The van der Waals surface area contributed by atoms with Gasteiger partial charge in [-0.3, -0.25) is 0 Å². The lowest BCUT2D eigenvalue weighted by Gasteiger charge is -2.64. The molecule has 0 radical (unpaired) electrons. The summed E-state index contributed by atoms with van der Waals surface area (Å²) in [5.74, 6) is 3.55. The Morgan fingerprint density at radius 2 is 1.82 bits per heavy atom. The maximum atomic E-state index is 11.8. The lowest BCUT2D eigenvalue weighted by molar-refractivity contribution is -0.203. The minimum Gasteiger partial charge on any atom is -0.393 e. The van der Waals surface area contributed by atoms with Crippen LogP contribution in [0.3, 0.4) is 0 Å². The van der Waals surface area contributed by atoms with Gasteiger partial charge in [0.15, 0.2) is 0 Å². The van der Waals surface area contributed by atoms with E-state index in [1.807, 2.05) is 0 Å². The van der Waals surface area contributed by atoms with Crippen molar-refractivity contribution in [3.63, 3.8) is 0 Å². The summed E-state index contributed by atoms with van der Waals surface area (Å²) in [6, 6.07) is 0. The number of aromatic amines is 1. The van der Waals surface area contributed by atoms with E-state index in [-0.39, 0.29) is 23.0 Å². The molecule has 0 aromatic carbocycles. The third-order valence-corrected chi connectivity index (χ3v) is 11.4. The van der Waals surface area contributed by atoms with E-state index in [9.17, 15) is 15.0 Å². The molecule has 1 heterocycles. The second-order valence-corrected chi connectivity index (χ2v) is 12.6. The summed E-state index contributed by atoms with van der Waals surface area (Å²) in [5, 5.41) is 28.6. The van der Waals surface area contributed by atoms with Gasteiger partial charge in [0, 0.05) is 6.42 Å². The van der Waals surface area contributed by atoms with Crippen LogP contribution < -0.4 is 5.76 Å². The van der Waals surface area contributed by atoms with Crippen LogP contribution in [0.15, 0.2) is 9.21 Å². The number of aryl methyl sites for hydroxylation is 1. The van der Waals surface area contributed by atoms with Crippen molar-refractivity contribution in [3.8, 4) is 0 Å². The molecule has 0 amide bonds. The summed E-state index contributed by atoms with van der Waals surface area (Å²) >= 11 is 0. The van der Waals surface area contributed by atoms with Crippen LogP contribution in [0.5, 0.6) is 0 Å². The van der Waals surface area contributed by atoms with Crippen LogP contribution in [-0.2, 0) is 6.42 Å². The molecule has 33 heavy (non-hydrogen) atoms. The van der Waals surface area contributed by atoms with Gasteiger partial charge in [0.1, 0.15) is 0 Å². The second-order valence-electron chi connectivity index (χ2n) is 12.6. The molecule has 6 heteroatoms. The summed E-state index contributed by atoms with van der Waals surface area (Å²) in [6.45, 7) is 9.63. The summed E-state index contributed by atoms with van der Waals surface area (Å²) in [4.78, 5) is 11.3. The predicted molar refractivity (Wildman–Crippen MR) is 126 cm³/mol. The van der Waals surface area contributed by atoms with E-state index < -0.39 is 5.76 Å². The highest BCUT2D eigenvalue weighted by Crippen LogP contribution is 2.69. The Hall–Kier alpha value is -1.14. The number of hydrogen-bond donors (Lipinski definition) is 3. The lowest BCUT2D eigenvalue weighted by atomic mass is 9.41. The molecule has 3 N–H and O–H groups in total. The number of H-pyrrole nitrogens is 1. The smallest absolute Gasteiger partial charge is 0.393 e. The lowest BCUT2D eigenvalue weighted by Crippen LogP contribution is -2.62. The molecule has 1 aromatic rings. The fourth-order valence-corrected chi connectivity index (χ4v) is 9.85. The van der Waals surface area contributed by atoms with E-state index in [2.05, 4.69) is 37.9 Å². The summed E-state index contributed by atoms with van der Waals surface area (Å²) < 4.78 is 5.13. The van der Waals surface area contributed by atoms with Crippen LogP contribution in [-0.4, -0.2) is 32.6 Å². The Bertz CT molecular complexity index is 897. The summed E-state index contributed by atoms with van der Waals surface area (Å²) in [6.07, 6.45) is 10.1. The third-order valence-electron chi connectivity index (χ3n) is 11.4. The van der Waals surface area contributed by atoms with Crippen molar-refractivity contribution in [2.75, 3.05) is 0 Å². The first-order chi connectivity index (χ1) is 15.7. The van der Waals surface area contributed by atoms with Crippen molar-refractivity contribution in [2.24, 2.45) is 52.3 Å². The number of aliphatic hydroxyl groups excluding tert-OH is 2. The van der Waals surface area contributed by atoms with Crippen molar-refractivity contribution in [3.05, 3.63) is 16.4 Å². The minimum atomic E-state index is -0.470. The Balaban J connectivity index is 1.37. The molecule has 1 aromatic heterocycles. The van der Waals surface area contributed by atoms with Crippen LogP contribution in [0.25, 0.3) is 0 Å². The van der Waals surface area contributed by atoms with Gasteiger partial charge in [-0.25, -0.2) is 9.89 Å². The fraction of sp³-hybridized carbons (Fsp3) is 0.926. The zero-order valence-electron chi connectivity index (χ0n) is 20.9. The molecule has 5 rings (SSSR count). The molecule has 0 aliphatic heterocycles. The molecule has 0 spiro atoms. The first kappa shape index (κ1) is 23.6. The van der Waals surface area contributed by atoms with E-state index in [0.717, 1.165) is 32.1 Å². The van der Waals surface area contributed by atoms with Crippen molar-refractivity contribution < 1.29 is 14.6 Å². The molecule has 4 aliphatic carbocycles. The van der Waals surface area contributed by atoms with Crippen molar-refractivity contribution in [1.29, 1.82) is 0 Å². The maximum absolute atomic E-state index is 11.8. The SMILES string of the molecule is CC[C@H]1[C@@H](O)C2C3CCC(C(C)CCc4n[nH]c(=O)o4)[C@@]3(C)CCC2[C@@]2(C)CC[C@@H](O)C[C@@H]12. The van der Waals surface area contributed by atoms with Gasteiger partial charge in [-0.1, -0.05) is 34.1 Å². The van der Waals surface area contributed by atoms with E-state index in [4.69, 9.17) is 4.42 Å².